The van der Waals surface area contributed by atoms with E-state index in [1.807, 2.05) is 20.8 Å². The van der Waals surface area contributed by atoms with Gasteiger partial charge in [-0.05, 0) is 26.8 Å². The standard InChI is InChI=1S/C17H25F3N4O2/c1-16(2,3)24-14(25)10-23-15(21-4)22-9-12-7-5-6-8-13(12)26-11-17(18,19)20/h5-8H,9-11H2,1-4H3,(H,24,25)(H2,21,22,23). The van der Waals surface area contributed by atoms with Crippen molar-refractivity contribution in [2.75, 3.05) is 20.2 Å². The lowest BCUT2D eigenvalue weighted by molar-refractivity contribution is -0.153. The molecule has 0 saturated heterocycles. The molecule has 0 spiro atoms. The Morgan fingerprint density at radius 1 is 1.15 bits per heavy atom. The van der Waals surface area contributed by atoms with Crippen LogP contribution in [0.1, 0.15) is 26.3 Å². The second-order valence-corrected chi connectivity index (χ2v) is 6.59. The van der Waals surface area contributed by atoms with Crippen molar-refractivity contribution in [1.82, 2.24) is 16.0 Å². The number of nitrogens with zero attached hydrogens (tertiary/aromatic N) is 1. The Labute approximate surface area is 151 Å². The SMILES string of the molecule is CN=C(NCC(=O)NC(C)(C)C)NCc1ccccc1OCC(F)(F)F. The average molecular weight is 374 g/mol. The zero-order valence-corrected chi connectivity index (χ0v) is 15.3. The molecular formula is C17H25F3N4O2. The van der Waals surface area contributed by atoms with Crippen molar-refractivity contribution in [1.29, 1.82) is 0 Å². The van der Waals surface area contributed by atoms with Crippen LogP contribution < -0.4 is 20.7 Å². The van der Waals surface area contributed by atoms with Gasteiger partial charge in [-0.25, -0.2) is 0 Å². The van der Waals surface area contributed by atoms with E-state index in [1.165, 1.54) is 13.1 Å². The maximum atomic E-state index is 12.3. The van der Waals surface area contributed by atoms with E-state index in [9.17, 15) is 18.0 Å². The summed E-state index contributed by atoms with van der Waals surface area (Å²) in [6.07, 6.45) is -4.40. The first kappa shape index (κ1) is 21.6. The van der Waals surface area contributed by atoms with E-state index in [0.29, 0.717) is 11.5 Å². The Hall–Kier alpha value is -2.45. The fraction of sp³-hybridized carbons (Fsp3) is 0.529. The molecule has 0 aliphatic rings. The van der Waals surface area contributed by atoms with E-state index in [4.69, 9.17) is 4.74 Å². The van der Waals surface area contributed by atoms with Crippen LogP contribution in [0.3, 0.4) is 0 Å². The van der Waals surface area contributed by atoms with Gasteiger partial charge in [0, 0.05) is 24.7 Å². The summed E-state index contributed by atoms with van der Waals surface area (Å²) in [7, 11) is 1.53. The summed E-state index contributed by atoms with van der Waals surface area (Å²) in [5.41, 5.74) is 0.198. The number of halogens is 3. The Morgan fingerprint density at radius 2 is 1.81 bits per heavy atom. The minimum Gasteiger partial charge on any atom is -0.484 e. The molecular weight excluding hydrogens is 349 g/mol. The minimum atomic E-state index is -4.40. The molecule has 6 nitrogen and oxygen atoms in total. The molecule has 0 aliphatic heterocycles. The number of benzene rings is 1. The third kappa shape index (κ3) is 9.14. The molecule has 0 atom stereocenters. The molecule has 0 aromatic heterocycles. The number of guanidine groups is 1. The van der Waals surface area contributed by atoms with E-state index < -0.39 is 12.8 Å². The van der Waals surface area contributed by atoms with Crippen molar-refractivity contribution in [3.63, 3.8) is 0 Å². The Bertz CT molecular complexity index is 625. The molecule has 1 aromatic rings. The third-order valence-electron chi connectivity index (χ3n) is 2.96. The quantitative estimate of drug-likeness (QED) is 0.527. The number of carbonyl (C=O) groups is 1. The number of rotatable bonds is 6. The number of alkyl halides is 3. The summed E-state index contributed by atoms with van der Waals surface area (Å²) in [5, 5.41) is 8.58. The van der Waals surface area contributed by atoms with Gasteiger partial charge in [0.25, 0.3) is 0 Å². The highest BCUT2D eigenvalue weighted by molar-refractivity contribution is 5.86. The van der Waals surface area contributed by atoms with Gasteiger partial charge in [0.15, 0.2) is 12.6 Å². The molecule has 0 saturated carbocycles. The van der Waals surface area contributed by atoms with Crippen LogP contribution in [0.25, 0.3) is 0 Å². The highest BCUT2D eigenvalue weighted by atomic mass is 19.4. The molecule has 26 heavy (non-hydrogen) atoms. The first-order chi connectivity index (χ1) is 12.0. The third-order valence-corrected chi connectivity index (χ3v) is 2.96. The fourth-order valence-corrected chi connectivity index (χ4v) is 1.98. The van der Waals surface area contributed by atoms with Crippen molar-refractivity contribution in [2.45, 2.75) is 39.0 Å². The lowest BCUT2D eigenvalue weighted by Crippen LogP contribution is -2.48. The number of hydrogen-bond acceptors (Lipinski definition) is 3. The van der Waals surface area contributed by atoms with E-state index in [2.05, 4.69) is 20.9 Å². The smallest absolute Gasteiger partial charge is 0.422 e. The number of amides is 1. The van der Waals surface area contributed by atoms with E-state index in [-0.39, 0.29) is 30.3 Å². The lowest BCUT2D eigenvalue weighted by atomic mass is 10.1. The first-order valence-corrected chi connectivity index (χ1v) is 8.03. The summed E-state index contributed by atoms with van der Waals surface area (Å²) in [5.74, 6) is 0.285. The molecule has 0 heterocycles. The van der Waals surface area contributed by atoms with Crippen molar-refractivity contribution < 1.29 is 22.7 Å². The zero-order valence-electron chi connectivity index (χ0n) is 15.3. The number of ether oxygens (including phenoxy) is 1. The zero-order chi connectivity index (χ0) is 19.8. The second kappa shape index (κ2) is 9.30. The van der Waals surface area contributed by atoms with E-state index in [0.717, 1.165) is 0 Å². The van der Waals surface area contributed by atoms with Crippen molar-refractivity contribution in [3.05, 3.63) is 29.8 Å². The molecule has 0 aliphatic carbocycles. The van der Waals surface area contributed by atoms with Crippen LogP contribution in [0, 0.1) is 0 Å². The van der Waals surface area contributed by atoms with Gasteiger partial charge in [-0.1, -0.05) is 18.2 Å². The average Bonchev–Trinajstić information content (AvgIpc) is 2.51. The molecule has 0 unspecified atom stereocenters. The predicted octanol–water partition coefficient (Wildman–Crippen LogP) is 2.21. The predicted molar refractivity (Wildman–Crippen MR) is 94.1 cm³/mol. The minimum absolute atomic E-state index is 0.0170. The van der Waals surface area contributed by atoms with Crippen LogP contribution in [-0.2, 0) is 11.3 Å². The summed E-state index contributed by atoms with van der Waals surface area (Å²) < 4.78 is 41.8. The molecule has 1 rings (SSSR count). The van der Waals surface area contributed by atoms with Gasteiger partial charge in [-0.2, -0.15) is 13.2 Å². The second-order valence-electron chi connectivity index (χ2n) is 6.59. The summed E-state index contributed by atoms with van der Waals surface area (Å²) in [6, 6.07) is 6.41. The first-order valence-electron chi connectivity index (χ1n) is 8.03. The maximum absolute atomic E-state index is 12.3. The summed E-state index contributed by atoms with van der Waals surface area (Å²) >= 11 is 0. The van der Waals surface area contributed by atoms with Gasteiger partial charge in [0.1, 0.15) is 5.75 Å². The van der Waals surface area contributed by atoms with Crippen molar-refractivity contribution >= 4 is 11.9 Å². The van der Waals surface area contributed by atoms with Gasteiger partial charge in [0.2, 0.25) is 5.91 Å². The molecule has 146 valence electrons. The van der Waals surface area contributed by atoms with Crippen molar-refractivity contribution in [2.24, 2.45) is 4.99 Å². The van der Waals surface area contributed by atoms with Crippen molar-refractivity contribution in [3.8, 4) is 5.75 Å². The van der Waals surface area contributed by atoms with E-state index in [1.54, 1.807) is 18.2 Å². The lowest BCUT2D eigenvalue weighted by Gasteiger charge is -2.21. The monoisotopic (exact) mass is 374 g/mol. The van der Waals surface area contributed by atoms with Crippen LogP contribution >= 0.6 is 0 Å². The number of carbonyl (C=O) groups excluding carboxylic acids is 1. The van der Waals surface area contributed by atoms with Crippen LogP contribution in [0.5, 0.6) is 5.75 Å². The molecule has 9 heteroatoms. The highest BCUT2D eigenvalue weighted by Crippen LogP contribution is 2.21. The highest BCUT2D eigenvalue weighted by Gasteiger charge is 2.28. The topological polar surface area (TPSA) is 74.8 Å². The molecule has 1 aromatic carbocycles. The van der Waals surface area contributed by atoms with E-state index >= 15 is 0 Å². The van der Waals surface area contributed by atoms with Crippen LogP contribution in [0.15, 0.2) is 29.3 Å². The Balaban J connectivity index is 2.57. The summed E-state index contributed by atoms with van der Waals surface area (Å²) in [6.45, 7) is 4.46. The van der Waals surface area contributed by atoms with Gasteiger partial charge in [0.05, 0.1) is 6.54 Å². The normalized spacial score (nSPS) is 12.5. The molecule has 0 radical (unpaired) electrons. The van der Waals surface area contributed by atoms with Crippen LogP contribution in [0.2, 0.25) is 0 Å². The molecule has 0 fully saturated rings. The molecule has 0 bridgehead atoms. The van der Waals surface area contributed by atoms with Crippen LogP contribution in [0.4, 0.5) is 13.2 Å². The molecule has 1 amide bonds. The maximum Gasteiger partial charge on any atom is 0.422 e. The number of hydrogen-bond donors (Lipinski definition) is 3. The number of para-hydroxylation sites is 1. The summed E-state index contributed by atoms with van der Waals surface area (Å²) in [4.78, 5) is 15.8. The van der Waals surface area contributed by atoms with Crippen LogP contribution in [-0.4, -0.2) is 43.8 Å². The largest absolute Gasteiger partial charge is 0.484 e. The fourth-order valence-electron chi connectivity index (χ4n) is 1.98. The Morgan fingerprint density at radius 3 is 2.38 bits per heavy atom. The molecule has 3 N–H and O–H groups in total. The van der Waals surface area contributed by atoms with Gasteiger partial charge in [-0.3, -0.25) is 9.79 Å². The number of nitrogens with one attached hydrogen (secondary N) is 3. The Kier molecular flexibility index (Phi) is 7.73. The van der Waals surface area contributed by atoms with Gasteiger partial charge < -0.3 is 20.7 Å². The number of aliphatic imine (C=N–C) groups is 1. The van der Waals surface area contributed by atoms with Gasteiger partial charge >= 0.3 is 6.18 Å². The van der Waals surface area contributed by atoms with Gasteiger partial charge in [-0.15, -0.1) is 0 Å².